The third-order valence-corrected chi connectivity index (χ3v) is 6.38. The number of carbonyl (C=O) groups is 1. The van der Waals surface area contributed by atoms with Crippen LogP contribution in [0.25, 0.3) is 0 Å². The number of morpholine rings is 1. The van der Waals surface area contributed by atoms with Gasteiger partial charge >= 0.3 is 0 Å². The Balaban J connectivity index is 1.66. The average molecular weight is 294 g/mol. The van der Waals surface area contributed by atoms with Crippen molar-refractivity contribution in [1.29, 1.82) is 0 Å². The van der Waals surface area contributed by atoms with Crippen molar-refractivity contribution in [2.24, 2.45) is 16.7 Å². The molecule has 4 atom stereocenters. The summed E-state index contributed by atoms with van der Waals surface area (Å²) in [6.07, 6.45) is 3.97. The van der Waals surface area contributed by atoms with E-state index < -0.39 is 0 Å². The molecule has 4 unspecified atom stereocenters. The molecule has 0 aromatic carbocycles. The van der Waals surface area contributed by atoms with Crippen molar-refractivity contribution >= 4 is 5.91 Å². The number of amides is 1. The number of rotatable bonds is 3. The summed E-state index contributed by atoms with van der Waals surface area (Å²) in [6.45, 7) is 12.0. The first kappa shape index (κ1) is 15.3. The topological polar surface area (TPSA) is 41.6 Å². The molecule has 21 heavy (non-hydrogen) atoms. The van der Waals surface area contributed by atoms with Gasteiger partial charge in [-0.25, -0.2) is 0 Å². The lowest BCUT2D eigenvalue weighted by Crippen LogP contribution is -2.58. The van der Waals surface area contributed by atoms with E-state index in [1.165, 1.54) is 19.3 Å². The van der Waals surface area contributed by atoms with E-state index in [1.54, 1.807) is 0 Å². The monoisotopic (exact) mass is 294 g/mol. The number of nitrogens with zero attached hydrogens (tertiary/aromatic N) is 1. The van der Waals surface area contributed by atoms with Gasteiger partial charge in [-0.15, -0.1) is 0 Å². The number of fused-ring (bicyclic) bond motifs is 2. The molecule has 2 aliphatic carbocycles. The highest BCUT2D eigenvalue weighted by Crippen LogP contribution is 2.62. The van der Waals surface area contributed by atoms with Crippen LogP contribution in [0.2, 0.25) is 0 Å². The summed E-state index contributed by atoms with van der Waals surface area (Å²) in [5.74, 6) is 1.05. The van der Waals surface area contributed by atoms with Gasteiger partial charge in [0.1, 0.15) is 0 Å². The first-order valence-corrected chi connectivity index (χ1v) is 8.47. The van der Waals surface area contributed by atoms with Gasteiger partial charge in [0, 0.05) is 19.1 Å². The van der Waals surface area contributed by atoms with Gasteiger partial charge in [0.05, 0.1) is 19.3 Å². The molecule has 1 aliphatic heterocycles. The second-order valence-corrected chi connectivity index (χ2v) is 8.17. The molecule has 3 aliphatic rings. The molecule has 0 aromatic heterocycles. The molecular weight excluding hydrogens is 264 g/mol. The van der Waals surface area contributed by atoms with Gasteiger partial charge in [0.2, 0.25) is 5.91 Å². The Morgan fingerprint density at radius 2 is 1.95 bits per heavy atom. The van der Waals surface area contributed by atoms with E-state index in [2.05, 4.69) is 26.1 Å². The van der Waals surface area contributed by atoms with Gasteiger partial charge in [0.25, 0.3) is 0 Å². The molecule has 2 saturated carbocycles. The Hall–Kier alpha value is -0.610. The van der Waals surface area contributed by atoms with E-state index >= 15 is 0 Å². The molecular formula is C17H30N2O2. The van der Waals surface area contributed by atoms with Gasteiger partial charge in [-0.05, 0) is 42.9 Å². The van der Waals surface area contributed by atoms with Crippen molar-refractivity contribution in [2.75, 3.05) is 26.3 Å². The molecule has 4 nitrogen and oxygen atoms in total. The molecule has 1 amide bonds. The summed E-state index contributed by atoms with van der Waals surface area (Å²) < 4.78 is 5.34. The van der Waals surface area contributed by atoms with Gasteiger partial charge < -0.3 is 15.0 Å². The quantitative estimate of drug-likeness (QED) is 0.866. The molecule has 1 heterocycles. The predicted molar refractivity (Wildman–Crippen MR) is 83.0 cm³/mol. The van der Waals surface area contributed by atoms with Crippen LogP contribution in [0.3, 0.4) is 0 Å². The first-order valence-electron chi connectivity index (χ1n) is 8.47. The van der Waals surface area contributed by atoms with E-state index in [4.69, 9.17) is 4.74 Å². The summed E-state index contributed by atoms with van der Waals surface area (Å²) in [4.78, 5) is 14.6. The normalized spacial score (nSPS) is 39.5. The molecule has 4 heteroatoms. The summed E-state index contributed by atoms with van der Waals surface area (Å²) in [5.41, 5.74) is 0.667. The molecule has 1 saturated heterocycles. The van der Waals surface area contributed by atoms with Crippen LogP contribution in [0.15, 0.2) is 0 Å². The van der Waals surface area contributed by atoms with Crippen molar-refractivity contribution in [1.82, 2.24) is 10.2 Å². The Morgan fingerprint density at radius 1 is 1.29 bits per heavy atom. The van der Waals surface area contributed by atoms with Gasteiger partial charge in [-0.1, -0.05) is 20.8 Å². The highest BCUT2D eigenvalue weighted by atomic mass is 16.5. The van der Waals surface area contributed by atoms with Crippen LogP contribution >= 0.6 is 0 Å². The Morgan fingerprint density at radius 3 is 2.52 bits per heavy atom. The van der Waals surface area contributed by atoms with E-state index in [1.807, 2.05) is 11.8 Å². The van der Waals surface area contributed by atoms with Crippen LogP contribution in [0, 0.1) is 16.7 Å². The maximum atomic E-state index is 12.6. The predicted octanol–water partition coefficient (Wildman–Crippen LogP) is 2.04. The minimum Gasteiger partial charge on any atom is -0.378 e. The largest absolute Gasteiger partial charge is 0.378 e. The van der Waals surface area contributed by atoms with Crippen molar-refractivity contribution in [3.8, 4) is 0 Å². The van der Waals surface area contributed by atoms with Crippen LogP contribution in [-0.2, 0) is 9.53 Å². The van der Waals surface area contributed by atoms with Crippen molar-refractivity contribution < 1.29 is 9.53 Å². The summed E-state index contributed by atoms with van der Waals surface area (Å²) in [7, 11) is 0. The first-order chi connectivity index (χ1) is 9.84. The lowest BCUT2D eigenvalue weighted by Gasteiger charge is -2.45. The van der Waals surface area contributed by atoms with Crippen LogP contribution in [0.4, 0.5) is 0 Å². The zero-order valence-electron chi connectivity index (χ0n) is 13.9. The Bertz CT molecular complexity index is 412. The van der Waals surface area contributed by atoms with E-state index in [0.717, 1.165) is 19.0 Å². The third kappa shape index (κ3) is 2.50. The lowest BCUT2D eigenvalue weighted by atomic mass is 9.68. The van der Waals surface area contributed by atoms with Crippen LogP contribution in [0.5, 0.6) is 0 Å². The molecule has 0 radical (unpaired) electrons. The van der Waals surface area contributed by atoms with E-state index in [-0.39, 0.29) is 11.9 Å². The van der Waals surface area contributed by atoms with E-state index in [9.17, 15) is 4.79 Å². The number of carbonyl (C=O) groups excluding carboxylic acids is 1. The second-order valence-electron chi connectivity index (χ2n) is 8.17. The maximum Gasteiger partial charge on any atom is 0.239 e. The van der Waals surface area contributed by atoms with Gasteiger partial charge in [-0.3, -0.25) is 4.79 Å². The molecule has 3 rings (SSSR count). The van der Waals surface area contributed by atoms with Crippen molar-refractivity contribution in [3.05, 3.63) is 0 Å². The van der Waals surface area contributed by atoms with Crippen molar-refractivity contribution in [3.63, 3.8) is 0 Å². The lowest BCUT2D eigenvalue weighted by molar-refractivity contribution is -0.137. The van der Waals surface area contributed by atoms with Gasteiger partial charge in [-0.2, -0.15) is 0 Å². The average Bonchev–Trinajstić information content (AvgIpc) is 2.94. The number of hydrogen-bond donors (Lipinski definition) is 1. The highest BCUT2D eigenvalue weighted by Gasteiger charge is 2.59. The third-order valence-electron chi connectivity index (χ3n) is 6.38. The fourth-order valence-corrected chi connectivity index (χ4v) is 5.10. The minimum atomic E-state index is -0.0939. The molecule has 120 valence electrons. The summed E-state index contributed by atoms with van der Waals surface area (Å²) in [5, 5.41) is 3.71. The molecule has 3 fully saturated rings. The zero-order chi connectivity index (χ0) is 15.3. The zero-order valence-corrected chi connectivity index (χ0v) is 13.9. The Kier molecular flexibility index (Phi) is 3.81. The SMILES string of the molecule is CC(NC1C2(C)CCC(C2)C1(C)C)C(=O)N1CCOCC1. The maximum absolute atomic E-state index is 12.6. The molecule has 2 bridgehead atoms. The standard InChI is InChI=1S/C17H30N2O2/c1-12(14(20)19-7-9-21-10-8-19)18-15-16(2,3)13-5-6-17(15,4)11-13/h12-13,15,18H,5-11H2,1-4H3. The summed E-state index contributed by atoms with van der Waals surface area (Å²) >= 11 is 0. The van der Waals surface area contributed by atoms with Crippen LogP contribution in [0.1, 0.15) is 47.0 Å². The number of ether oxygens (including phenoxy) is 1. The molecule has 1 N–H and O–H groups in total. The summed E-state index contributed by atoms with van der Waals surface area (Å²) in [6, 6.07) is 0.354. The molecule has 0 aromatic rings. The fourth-order valence-electron chi connectivity index (χ4n) is 5.10. The highest BCUT2D eigenvalue weighted by molar-refractivity contribution is 5.81. The number of hydrogen-bond acceptors (Lipinski definition) is 3. The van der Waals surface area contributed by atoms with Crippen LogP contribution < -0.4 is 5.32 Å². The second kappa shape index (κ2) is 5.24. The number of nitrogens with one attached hydrogen (secondary N) is 1. The Labute approximate surface area is 128 Å². The van der Waals surface area contributed by atoms with Gasteiger partial charge in [0.15, 0.2) is 0 Å². The van der Waals surface area contributed by atoms with E-state index in [0.29, 0.717) is 30.1 Å². The fraction of sp³-hybridized carbons (Fsp3) is 0.941. The smallest absolute Gasteiger partial charge is 0.239 e. The van der Waals surface area contributed by atoms with Crippen molar-refractivity contribution in [2.45, 2.75) is 59.0 Å². The molecule has 0 spiro atoms. The minimum absolute atomic E-state index is 0.0939. The van der Waals surface area contributed by atoms with Crippen LogP contribution in [-0.4, -0.2) is 49.2 Å².